The van der Waals surface area contributed by atoms with Crippen LogP contribution in [0.15, 0.2) is 22.7 Å². The number of likely N-dealkylation sites (N-methyl/N-ethyl adjacent to an activating group) is 1. The number of rotatable bonds is 8. The average molecular weight is 331 g/mol. The topological polar surface area (TPSA) is 55.6 Å². The Kier molecular flexibility index (Phi) is 6.97. The second-order valence-electron chi connectivity index (χ2n) is 4.11. The van der Waals surface area contributed by atoms with Crippen LogP contribution in [-0.4, -0.2) is 36.1 Å². The van der Waals surface area contributed by atoms with E-state index in [1.54, 1.807) is 12.1 Å². The molecule has 106 valence electrons. The number of nitro groups is 1. The maximum Gasteiger partial charge on any atom is 0.283 e. The Labute approximate surface area is 121 Å². The maximum atomic E-state index is 10.9. The molecular formula is C13H19BrN2O3. The van der Waals surface area contributed by atoms with Crippen LogP contribution in [0.25, 0.3) is 0 Å². The van der Waals surface area contributed by atoms with Gasteiger partial charge < -0.3 is 4.74 Å². The highest BCUT2D eigenvalue weighted by atomic mass is 79.9. The van der Waals surface area contributed by atoms with Crippen LogP contribution in [0.3, 0.4) is 0 Å². The molecule has 0 aliphatic rings. The van der Waals surface area contributed by atoms with Gasteiger partial charge in [-0.2, -0.15) is 0 Å². The van der Waals surface area contributed by atoms with Crippen LogP contribution in [0.1, 0.15) is 19.4 Å². The molecule has 0 aliphatic heterocycles. The zero-order valence-corrected chi connectivity index (χ0v) is 12.9. The third-order valence-corrected chi connectivity index (χ3v) is 3.49. The first-order valence-corrected chi connectivity index (χ1v) is 7.10. The molecule has 0 aromatic heterocycles. The summed E-state index contributed by atoms with van der Waals surface area (Å²) in [6.45, 7) is 7.83. The van der Waals surface area contributed by atoms with Crippen molar-refractivity contribution in [2.75, 3.05) is 26.3 Å². The van der Waals surface area contributed by atoms with Gasteiger partial charge >= 0.3 is 0 Å². The molecule has 0 aliphatic carbocycles. The van der Waals surface area contributed by atoms with Crippen molar-refractivity contribution < 1.29 is 9.66 Å². The second kappa shape index (κ2) is 8.24. The molecule has 0 unspecified atom stereocenters. The Morgan fingerprint density at radius 2 is 2.16 bits per heavy atom. The molecule has 0 bridgehead atoms. The molecule has 0 atom stereocenters. The van der Waals surface area contributed by atoms with Gasteiger partial charge in [0.1, 0.15) is 0 Å². The van der Waals surface area contributed by atoms with E-state index in [1.165, 1.54) is 0 Å². The zero-order valence-electron chi connectivity index (χ0n) is 11.3. The summed E-state index contributed by atoms with van der Waals surface area (Å²) in [5.74, 6) is 0. The number of benzene rings is 1. The fraction of sp³-hybridized carbons (Fsp3) is 0.538. The number of hydrogen-bond donors (Lipinski definition) is 0. The fourth-order valence-corrected chi connectivity index (χ4v) is 2.13. The highest BCUT2D eigenvalue weighted by molar-refractivity contribution is 9.10. The number of nitro benzene ring substituents is 1. The van der Waals surface area contributed by atoms with Crippen molar-refractivity contribution in [2.45, 2.75) is 20.4 Å². The standard InChI is InChI=1S/C13H19BrN2O3/c1-3-15(7-8-19-4-2)10-11-5-6-12(14)13(9-11)16(17)18/h5-6,9H,3-4,7-8,10H2,1-2H3. The minimum atomic E-state index is -0.371. The van der Waals surface area contributed by atoms with Crippen molar-refractivity contribution in [3.63, 3.8) is 0 Å². The summed E-state index contributed by atoms with van der Waals surface area (Å²) >= 11 is 3.19. The van der Waals surface area contributed by atoms with Crippen molar-refractivity contribution in [1.82, 2.24) is 4.90 Å². The Bertz CT molecular complexity index is 426. The highest BCUT2D eigenvalue weighted by Crippen LogP contribution is 2.26. The zero-order chi connectivity index (χ0) is 14.3. The summed E-state index contributed by atoms with van der Waals surface area (Å²) in [5, 5.41) is 10.9. The number of hydrogen-bond acceptors (Lipinski definition) is 4. The van der Waals surface area contributed by atoms with Gasteiger partial charge in [0.05, 0.1) is 16.0 Å². The molecule has 0 radical (unpaired) electrons. The van der Waals surface area contributed by atoms with Gasteiger partial charge in [-0.15, -0.1) is 0 Å². The van der Waals surface area contributed by atoms with E-state index in [0.717, 1.165) is 18.7 Å². The van der Waals surface area contributed by atoms with E-state index in [4.69, 9.17) is 4.74 Å². The van der Waals surface area contributed by atoms with Crippen LogP contribution in [-0.2, 0) is 11.3 Å². The second-order valence-corrected chi connectivity index (χ2v) is 4.96. The van der Waals surface area contributed by atoms with E-state index in [0.29, 0.717) is 24.2 Å². The predicted molar refractivity (Wildman–Crippen MR) is 78.2 cm³/mol. The fourth-order valence-electron chi connectivity index (χ4n) is 1.74. The summed E-state index contributed by atoms with van der Waals surface area (Å²) in [6.07, 6.45) is 0. The van der Waals surface area contributed by atoms with Gasteiger partial charge in [-0.05, 0) is 41.0 Å². The van der Waals surface area contributed by atoms with Crippen LogP contribution in [0.2, 0.25) is 0 Å². The first-order valence-electron chi connectivity index (χ1n) is 6.31. The van der Waals surface area contributed by atoms with E-state index in [-0.39, 0.29) is 10.6 Å². The van der Waals surface area contributed by atoms with Crippen LogP contribution >= 0.6 is 15.9 Å². The van der Waals surface area contributed by atoms with Crippen molar-refractivity contribution >= 4 is 21.6 Å². The lowest BCUT2D eigenvalue weighted by Crippen LogP contribution is -2.27. The molecule has 6 heteroatoms. The summed E-state index contributed by atoms with van der Waals surface area (Å²) in [4.78, 5) is 12.7. The molecule has 0 saturated carbocycles. The Morgan fingerprint density at radius 1 is 1.42 bits per heavy atom. The summed E-state index contributed by atoms with van der Waals surface area (Å²) in [5.41, 5.74) is 1.05. The minimum absolute atomic E-state index is 0.110. The third-order valence-electron chi connectivity index (χ3n) is 2.82. The molecule has 1 aromatic carbocycles. The molecular weight excluding hydrogens is 312 g/mol. The molecule has 0 amide bonds. The van der Waals surface area contributed by atoms with Gasteiger partial charge in [0, 0.05) is 25.8 Å². The normalized spacial score (nSPS) is 10.9. The van der Waals surface area contributed by atoms with E-state index in [1.807, 2.05) is 13.0 Å². The van der Waals surface area contributed by atoms with Gasteiger partial charge in [-0.25, -0.2) is 0 Å². The molecule has 19 heavy (non-hydrogen) atoms. The largest absolute Gasteiger partial charge is 0.380 e. The number of nitrogens with zero attached hydrogens (tertiary/aromatic N) is 2. The Balaban J connectivity index is 2.69. The number of ether oxygens (including phenoxy) is 1. The monoisotopic (exact) mass is 330 g/mol. The first kappa shape index (κ1) is 16.1. The van der Waals surface area contributed by atoms with Crippen molar-refractivity contribution in [3.05, 3.63) is 38.3 Å². The van der Waals surface area contributed by atoms with E-state index in [2.05, 4.69) is 27.8 Å². The smallest absolute Gasteiger partial charge is 0.283 e. The lowest BCUT2D eigenvalue weighted by Gasteiger charge is -2.20. The quantitative estimate of drug-likeness (QED) is 0.417. The molecule has 0 heterocycles. The summed E-state index contributed by atoms with van der Waals surface area (Å²) < 4.78 is 5.84. The lowest BCUT2D eigenvalue weighted by atomic mass is 10.2. The molecule has 5 nitrogen and oxygen atoms in total. The Morgan fingerprint density at radius 3 is 2.74 bits per heavy atom. The van der Waals surface area contributed by atoms with E-state index in [9.17, 15) is 10.1 Å². The third kappa shape index (κ3) is 5.26. The van der Waals surface area contributed by atoms with Gasteiger partial charge in [0.2, 0.25) is 0 Å². The van der Waals surface area contributed by atoms with Crippen molar-refractivity contribution in [1.29, 1.82) is 0 Å². The molecule has 0 saturated heterocycles. The molecule has 0 spiro atoms. The summed E-state index contributed by atoms with van der Waals surface area (Å²) in [7, 11) is 0. The van der Waals surface area contributed by atoms with E-state index >= 15 is 0 Å². The number of halogens is 1. The molecule has 1 aromatic rings. The van der Waals surface area contributed by atoms with Crippen LogP contribution in [0, 0.1) is 10.1 Å². The Hall–Kier alpha value is -0.980. The van der Waals surface area contributed by atoms with Gasteiger partial charge in [0.15, 0.2) is 0 Å². The SMILES string of the molecule is CCOCCN(CC)Cc1ccc(Br)c([N+](=O)[O-])c1. The van der Waals surface area contributed by atoms with Gasteiger partial charge in [-0.3, -0.25) is 15.0 Å². The maximum absolute atomic E-state index is 10.9. The van der Waals surface area contributed by atoms with Crippen LogP contribution < -0.4 is 0 Å². The minimum Gasteiger partial charge on any atom is -0.380 e. The molecule has 0 N–H and O–H groups in total. The highest BCUT2D eigenvalue weighted by Gasteiger charge is 2.13. The van der Waals surface area contributed by atoms with Gasteiger partial charge in [-0.1, -0.05) is 13.0 Å². The average Bonchev–Trinajstić information content (AvgIpc) is 2.39. The predicted octanol–water partition coefficient (Wildman–Crippen LogP) is 3.22. The van der Waals surface area contributed by atoms with Gasteiger partial charge in [0.25, 0.3) is 5.69 Å². The van der Waals surface area contributed by atoms with E-state index < -0.39 is 0 Å². The van der Waals surface area contributed by atoms with Crippen LogP contribution in [0.5, 0.6) is 0 Å². The van der Waals surface area contributed by atoms with Crippen molar-refractivity contribution in [3.8, 4) is 0 Å². The lowest BCUT2D eigenvalue weighted by molar-refractivity contribution is -0.385. The first-order chi connectivity index (χ1) is 9.08. The van der Waals surface area contributed by atoms with Crippen LogP contribution in [0.4, 0.5) is 5.69 Å². The molecule has 0 fully saturated rings. The van der Waals surface area contributed by atoms with Crippen molar-refractivity contribution in [2.24, 2.45) is 0 Å². The molecule has 1 rings (SSSR count). The summed E-state index contributed by atoms with van der Waals surface area (Å²) in [6, 6.07) is 5.25.